The van der Waals surface area contributed by atoms with Crippen LogP contribution in [-0.4, -0.2) is 47.4 Å². The summed E-state index contributed by atoms with van der Waals surface area (Å²) in [4.78, 5) is 52.8. The van der Waals surface area contributed by atoms with E-state index in [1.54, 1.807) is 0 Å². The number of alkyl halides is 3. The molecule has 1 saturated heterocycles. The number of carboxylic acid groups (broad SMARTS) is 1. The van der Waals surface area contributed by atoms with Crippen molar-refractivity contribution in [3.8, 4) is 11.3 Å². The number of nitrogens with one attached hydrogen (secondary N) is 1. The molecule has 0 radical (unpaired) electrons. The fraction of sp³-hybridized carbons (Fsp3) is 0.143. The van der Waals surface area contributed by atoms with E-state index in [-0.39, 0.29) is 46.6 Å². The lowest BCUT2D eigenvalue weighted by molar-refractivity contribution is -0.137. The Labute approximate surface area is 223 Å². The summed E-state index contributed by atoms with van der Waals surface area (Å²) in [5.74, 6) is -2.19. The van der Waals surface area contributed by atoms with Gasteiger partial charge in [-0.15, -0.1) is 0 Å². The minimum absolute atomic E-state index is 0.00916. The number of carbonyl (C=O) groups is 3. The Hall–Kier alpha value is -5.13. The molecule has 5 rings (SSSR count). The Kier molecular flexibility index (Phi) is 6.76. The first-order valence-electron chi connectivity index (χ1n) is 11.8. The normalized spacial score (nSPS) is 15.2. The van der Waals surface area contributed by atoms with Crippen molar-refractivity contribution >= 4 is 34.5 Å². The maximum atomic E-state index is 13.5. The minimum atomic E-state index is -4.62. The molecular weight excluding hydrogens is 533 g/mol. The van der Waals surface area contributed by atoms with Gasteiger partial charge in [-0.1, -0.05) is 36.4 Å². The number of aromatic nitrogens is 1. The van der Waals surface area contributed by atoms with Crippen LogP contribution in [-0.2, 0) is 15.7 Å². The van der Waals surface area contributed by atoms with Gasteiger partial charge in [0.15, 0.2) is 6.10 Å². The highest BCUT2D eigenvalue weighted by Crippen LogP contribution is 2.36. The van der Waals surface area contributed by atoms with Gasteiger partial charge in [-0.2, -0.15) is 13.2 Å². The molecule has 40 heavy (non-hydrogen) atoms. The summed E-state index contributed by atoms with van der Waals surface area (Å²) in [6.07, 6.45) is -6.26. The maximum absolute atomic E-state index is 13.5. The molecule has 1 atom stereocenters. The summed E-state index contributed by atoms with van der Waals surface area (Å²) in [5, 5.41) is 9.74. The van der Waals surface area contributed by atoms with Gasteiger partial charge >= 0.3 is 24.2 Å². The molecule has 3 aromatic carbocycles. The van der Waals surface area contributed by atoms with Crippen LogP contribution in [0.15, 0.2) is 77.6 Å². The first-order valence-corrected chi connectivity index (χ1v) is 11.8. The van der Waals surface area contributed by atoms with E-state index < -0.39 is 41.4 Å². The molecule has 1 aliphatic heterocycles. The molecule has 1 aromatic heterocycles. The number of benzene rings is 3. The summed E-state index contributed by atoms with van der Waals surface area (Å²) < 4.78 is 50.9. The number of aromatic carboxylic acids is 1. The van der Waals surface area contributed by atoms with Gasteiger partial charge in [0.2, 0.25) is 0 Å². The highest BCUT2D eigenvalue weighted by atomic mass is 19.4. The van der Waals surface area contributed by atoms with Gasteiger partial charge in [-0.25, -0.2) is 14.4 Å². The molecular formula is C28H19F3N2O7. The minimum Gasteiger partial charge on any atom is -0.478 e. The molecule has 0 bridgehead atoms. The molecule has 1 aliphatic rings. The third kappa shape index (κ3) is 5.10. The second kappa shape index (κ2) is 10.2. The number of esters is 1. The third-order valence-electron chi connectivity index (χ3n) is 6.32. The van der Waals surface area contributed by atoms with Gasteiger partial charge in [0.25, 0.3) is 5.56 Å². The van der Waals surface area contributed by atoms with Crippen molar-refractivity contribution in [2.75, 3.05) is 18.1 Å². The third-order valence-corrected chi connectivity index (χ3v) is 6.32. The molecule has 1 fully saturated rings. The highest BCUT2D eigenvalue weighted by molar-refractivity contribution is 6.02. The number of carboxylic acids is 1. The number of fused-ring (bicyclic) bond motifs is 1. The fourth-order valence-electron chi connectivity index (χ4n) is 4.44. The second-order valence-corrected chi connectivity index (χ2v) is 8.89. The number of amides is 1. The van der Waals surface area contributed by atoms with Gasteiger partial charge in [0.1, 0.15) is 6.61 Å². The molecule has 9 nitrogen and oxygen atoms in total. The van der Waals surface area contributed by atoms with Crippen LogP contribution in [0.1, 0.15) is 26.3 Å². The van der Waals surface area contributed by atoms with Crippen molar-refractivity contribution in [3.05, 3.63) is 99.8 Å². The number of pyridine rings is 1. The standard InChI is InChI=1S/C28H19F3N2O7/c29-28(30,31)22-8-4-3-7-20(22)23-11-15-9-10-16(12-21(15)24(34)32-23)33-13-17(40-27(33)38)14-39-26(37)19-6-2-1-5-18(19)25(35)36/h1-12,17H,13-14H2,(H,32,34)(H,35,36)/t17-/m0/s1. The fourth-order valence-corrected chi connectivity index (χ4v) is 4.44. The summed E-state index contributed by atoms with van der Waals surface area (Å²) in [7, 11) is 0. The van der Waals surface area contributed by atoms with E-state index in [2.05, 4.69) is 4.98 Å². The lowest BCUT2D eigenvalue weighted by Crippen LogP contribution is -2.27. The predicted octanol–water partition coefficient (Wildman–Crippen LogP) is 5.09. The molecule has 1 amide bonds. The molecule has 2 N–H and O–H groups in total. The van der Waals surface area contributed by atoms with Crippen LogP contribution in [0.3, 0.4) is 0 Å². The van der Waals surface area contributed by atoms with Crippen LogP contribution in [0.25, 0.3) is 22.0 Å². The zero-order chi connectivity index (χ0) is 28.6. The largest absolute Gasteiger partial charge is 0.478 e. The zero-order valence-electron chi connectivity index (χ0n) is 20.4. The Morgan fingerprint density at radius 3 is 2.42 bits per heavy atom. The molecule has 0 unspecified atom stereocenters. The summed E-state index contributed by atoms with van der Waals surface area (Å²) in [6.45, 7) is -0.377. The van der Waals surface area contributed by atoms with Gasteiger partial charge in [0, 0.05) is 22.3 Å². The maximum Gasteiger partial charge on any atom is 0.417 e. The number of halogens is 3. The zero-order valence-corrected chi connectivity index (χ0v) is 20.4. The van der Waals surface area contributed by atoms with E-state index in [4.69, 9.17) is 9.47 Å². The number of nitrogens with zero attached hydrogens (tertiary/aromatic N) is 1. The molecule has 204 valence electrons. The second-order valence-electron chi connectivity index (χ2n) is 8.89. The van der Waals surface area contributed by atoms with Crippen molar-refractivity contribution in [1.82, 2.24) is 4.98 Å². The summed E-state index contributed by atoms with van der Waals surface area (Å²) in [6, 6.07) is 16.3. The van der Waals surface area contributed by atoms with Crippen molar-refractivity contribution in [2.45, 2.75) is 12.3 Å². The number of aromatic amines is 1. The van der Waals surface area contributed by atoms with E-state index in [1.807, 2.05) is 0 Å². The van der Waals surface area contributed by atoms with E-state index in [0.717, 1.165) is 6.07 Å². The van der Waals surface area contributed by atoms with Crippen molar-refractivity contribution in [3.63, 3.8) is 0 Å². The number of hydrogen-bond donors (Lipinski definition) is 2. The Balaban J connectivity index is 1.34. The van der Waals surface area contributed by atoms with Crippen LogP contribution in [0.4, 0.5) is 23.7 Å². The molecule has 4 aromatic rings. The first-order chi connectivity index (χ1) is 19.0. The quantitative estimate of drug-likeness (QED) is 0.319. The average Bonchev–Trinajstić information content (AvgIpc) is 3.31. The predicted molar refractivity (Wildman–Crippen MR) is 136 cm³/mol. The number of carbonyl (C=O) groups excluding carboxylic acids is 2. The number of cyclic esters (lactones) is 1. The average molecular weight is 552 g/mol. The molecule has 0 aliphatic carbocycles. The Bertz CT molecular complexity index is 1710. The van der Waals surface area contributed by atoms with Crippen LogP contribution in [0.5, 0.6) is 0 Å². The smallest absolute Gasteiger partial charge is 0.417 e. The van der Waals surface area contributed by atoms with Crippen LogP contribution >= 0.6 is 0 Å². The van der Waals surface area contributed by atoms with Crippen LogP contribution < -0.4 is 10.5 Å². The van der Waals surface area contributed by atoms with Gasteiger partial charge in [-0.05, 0) is 41.8 Å². The topological polar surface area (TPSA) is 126 Å². The summed E-state index contributed by atoms with van der Waals surface area (Å²) in [5.41, 5.74) is -1.82. The molecule has 2 heterocycles. The van der Waals surface area contributed by atoms with E-state index in [0.29, 0.717) is 5.39 Å². The Morgan fingerprint density at radius 2 is 1.70 bits per heavy atom. The highest BCUT2D eigenvalue weighted by Gasteiger charge is 2.35. The van der Waals surface area contributed by atoms with E-state index in [9.17, 15) is 37.5 Å². The van der Waals surface area contributed by atoms with Gasteiger partial charge in [-0.3, -0.25) is 9.69 Å². The molecule has 12 heteroatoms. The van der Waals surface area contributed by atoms with Crippen LogP contribution in [0.2, 0.25) is 0 Å². The van der Waals surface area contributed by atoms with Gasteiger partial charge < -0.3 is 19.6 Å². The van der Waals surface area contributed by atoms with Crippen LogP contribution in [0, 0.1) is 0 Å². The Morgan fingerprint density at radius 1 is 1.00 bits per heavy atom. The van der Waals surface area contributed by atoms with Crippen molar-refractivity contribution in [2.24, 2.45) is 0 Å². The number of hydrogen-bond acceptors (Lipinski definition) is 6. The lowest BCUT2D eigenvalue weighted by atomic mass is 10.0. The number of rotatable bonds is 6. The number of anilines is 1. The molecule has 0 saturated carbocycles. The number of ether oxygens (including phenoxy) is 2. The van der Waals surface area contributed by atoms with Gasteiger partial charge in [0.05, 0.1) is 23.2 Å². The monoisotopic (exact) mass is 552 g/mol. The molecule has 0 spiro atoms. The lowest BCUT2D eigenvalue weighted by Gasteiger charge is -2.15. The number of H-pyrrole nitrogens is 1. The first kappa shape index (κ1) is 26.5. The van der Waals surface area contributed by atoms with Crippen molar-refractivity contribution in [1.29, 1.82) is 0 Å². The SMILES string of the molecule is O=C(O)c1ccccc1C(=O)OC[C@@H]1CN(c2ccc3cc(-c4ccccc4C(F)(F)F)[nH]c(=O)c3c2)C(=O)O1. The van der Waals surface area contributed by atoms with E-state index in [1.165, 1.54) is 71.6 Å². The van der Waals surface area contributed by atoms with E-state index >= 15 is 0 Å². The summed E-state index contributed by atoms with van der Waals surface area (Å²) >= 11 is 0. The van der Waals surface area contributed by atoms with Crippen molar-refractivity contribution < 1.29 is 42.1 Å².